The Bertz CT molecular complexity index is 557. The van der Waals surface area contributed by atoms with Gasteiger partial charge in [-0.05, 0) is 12.8 Å². The maximum atomic E-state index is 12.0. The van der Waals surface area contributed by atoms with Gasteiger partial charge in [-0.15, -0.1) is 0 Å². The molecule has 0 aromatic carbocycles. The average molecular weight is 232 g/mol. The van der Waals surface area contributed by atoms with Crippen molar-refractivity contribution in [3.63, 3.8) is 0 Å². The molecule has 0 amide bonds. The Hall–Kier alpha value is -2.11. The zero-order valence-electron chi connectivity index (χ0n) is 9.17. The molecule has 17 heavy (non-hydrogen) atoms. The van der Waals surface area contributed by atoms with E-state index in [1.54, 1.807) is 29.2 Å². The first-order valence-electron chi connectivity index (χ1n) is 5.55. The van der Waals surface area contributed by atoms with E-state index in [1.165, 1.54) is 0 Å². The van der Waals surface area contributed by atoms with Gasteiger partial charge < -0.3 is 14.4 Å². The second-order valence-corrected chi connectivity index (χ2v) is 4.05. The van der Waals surface area contributed by atoms with Crippen LogP contribution in [0.15, 0.2) is 34.0 Å². The van der Waals surface area contributed by atoms with Gasteiger partial charge in [0.05, 0.1) is 12.7 Å². The van der Waals surface area contributed by atoms with Crippen LogP contribution in [0, 0.1) is 0 Å². The van der Waals surface area contributed by atoms with E-state index < -0.39 is 0 Å². The minimum absolute atomic E-state index is 0.0745. The molecular weight excluding hydrogens is 220 g/mol. The van der Waals surface area contributed by atoms with Crippen LogP contribution in [-0.2, 0) is 6.54 Å². The predicted molar refractivity (Wildman–Crippen MR) is 60.6 cm³/mol. The number of nitrogens with one attached hydrogen (secondary N) is 1. The van der Waals surface area contributed by atoms with Crippen molar-refractivity contribution in [3.8, 4) is 0 Å². The molecule has 1 aliphatic carbocycles. The molecule has 0 bridgehead atoms. The molecule has 6 heteroatoms. The summed E-state index contributed by atoms with van der Waals surface area (Å²) < 4.78 is 6.67. The third-order valence-corrected chi connectivity index (χ3v) is 2.73. The second-order valence-electron chi connectivity index (χ2n) is 4.05. The van der Waals surface area contributed by atoms with Crippen molar-refractivity contribution in [3.05, 3.63) is 40.8 Å². The van der Waals surface area contributed by atoms with E-state index in [1.807, 2.05) is 0 Å². The Morgan fingerprint density at radius 3 is 3.06 bits per heavy atom. The van der Waals surface area contributed by atoms with E-state index >= 15 is 0 Å². The third-order valence-electron chi connectivity index (χ3n) is 2.73. The van der Waals surface area contributed by atoms with E-state index in [9.17, 15) is 4.79 Å². The summed E-state index contributed by atoms with van der Waals surface area (Å²) in [4.78, 5) is 16.0. The van der Waals surface area contributed by atoms with Crippen LogP contribution in [0.3, 0.4) is 0 Å². The summed E-state index contributed by atoms with van der Waals surface area (Å²) in [5.74, 6) is 1.03. The lowest BCUT2D eigenvalue weighted by Gasteiger charge is -2.06. The summed E-state index contributed by atoms with van der Waals surface area (Å²) in [7, 11) is 0. The molecule has 1 saturated carbocycles. The maximum Gasteiger partial charge on any atom is 0.293 e. The molecule has 6 nitrogen and oxygen atoms in total. The number of hydrogen-bond acceptors (Lipinski definition) is 5. The summed E-state index contributed by atoms with van der Waals surface area (Å²) in [6.07, 6.45) is 7.09. The fraction of sp³-hybridized carbons (Fsp3) is 0.364. The molecular formula is C11H12N4O2. The zero-order chi connectivity index (χ0) is 11.7. The Kier molecular flexibility index (Phi) is 2.40. The minimum Gasteiger partial charge on any atom is -0.360 e. The van der Waals surface area contributed by atoms with Crippen LogP contribution in [0.1, 0.15) is 24.6 Å². The SMILES string of the molecule is O=c1c(NCc2ccno2)nccn1C1CC1. The van der Waals surface area contributed by atoms with E-state index in [-0.39, 0.29) is 5.56 Å². The zero-order valence-corrected chi connectivity index (χ0v) is 9.17. The molecule has 2 aromatic heterocycles. The fourth-order valence-corrected chi connectivity index (χ4v) is 1.69. The van der Waals surface area contributed by atoms with Crippen LogP contribution >= 0.6 is 0 Å². The molecule has 1 fully saturated rings. The van der Waals surface area contributed by atoms with Gasteiger partial charge in [0.2, 0.25) is 0 Å². The third kappa shape index (κ3) is 2.06. The lowest BCUT2D eigenvalue weighted by Crippen LogP contribution is -2.23. The molecule has 3 rings (SSSR count). The molecule has 1 N–H and O–H groups in total. The minimum atomic E-state index is -0.0745. The van der Waals surface area contributed by atoms with Crippen LogP contribution in [0.5, 0.6) is 0 Å². The van der Waals surface area contributed by atoms with Gasteiger partial charge in [-0.2, -0.15) is 0 Å². The van der Waals surface area contributed by atoms with Gasteiger partial charge in [0.15, 0.2) is 11.6 Å². The monoisotopic (exact) mass is 232 g/mol. The van der Waals surface area contributed by atoms with Crippen molar-refractivity contribution >= 4 is 5.82 Å². The lowest BCUT2D eigenvalue weighted by atomic mass is 10.4. The molecule has 0 atom stereocenters. The van der Waals surface area contributed by atoms with E-state index in [0.717, 1.165) is 12.8 Å². The highest BCUT2D eigenvalue weighted by Gasteiger charge is 2.25. The van der Waals surface area contributed by atoms with Crippen molar-refractivity contribution in [1.82, 2.24) is 14.7 Å². The molecule has 0 radical (unpaired) electrons. The van der Waals surface area contributed by atoms with Gasteiger partial charge in [0.25, 0.3) is 5.56 Å². The van der Waals surface area contributed by atoms with Gasteiger partial charge in [-0.3, -0.25) is 4.79 Å². The highest BCUT2D eigenvalue weighted by atomic mass is 16.5. The molecule has 88 valence electrons. The smallest absolute Gasteiger partial charge is 0.293 e. The highest BCUT2D eigenvalue weighted by Crippen LogP contribution is 2.33. The van der Waals surface area contributed by atoms with Gasteiger partial charge in [-0.1, -0.05) is 5.16 Å². The number of rotatable bonds is 4. The first-order valence-corrected chi connectivity index (χ1v) is 5.55. The van der Waals surface area contributed by atoms with E-state index in [0.29, 0.717) is 24.2 Å². The Morgan fingerprint density at radius 1 is 1.47 bits per heavy atom. The van der Waals surface area contributed by atoms with Crippen molar-refractivity contribution < 1.29 is 4.52 Å². The summed E-state index contributed by atoms with van der Waals surface area (Å²) in [6, 6.07) is 2.10. The average Bonchev–Trinajstić information content (AvgIpc) is 3.04. The van der Waals surface area contributed by atoms with Crippen LogP contribution in [0.25, 0.3) is 0 Å². The van der Waals surface area contributed by atoms with Crippen molar-refractivity contribution in [2.75, 3.05) is 5.32 Å². The first kappa shape index (κ1) is 10.1. The standard InChI is InChI=1S/C11H12N4O2/c16-11-10(13-7-9-3-4-14-17-9)12-5-6-15(11)8-1-2-8/h3-6,8H,1-2,7H2,(H,12,13). The Morgan fingerprint density at radius 2 is 2.35 bits per heavy atom. The molecule has 0 spiro atoms. The highest BCUT2D eigenvalue weighted by molar-refractivity contribution is 5.31. The number of nitrogens with zero attached hydrogens (tertiary/aromatic N) is 3. The van der Waals surface area contributed by atoms with Gasteiger partial charge in [0.1, 0.15) is 0 Å². The lowest BCUT2D eigenvalue weighted by molar-refractivity contribution is 0.388. The predicted octanol–water partition coefficient (Wildman–Crippen LogP) is 1.18. The summed E-state index contributed by atoms with van der Waals surface area (Å²) in [5, 5.41) is 6.55. The topological polar surface area (TPSA) is 73.0 Å². The number of aromatic nitrogens is 3. The van der Waals surface area contributed by atoms with Crippen molar-refractivity contribution in [2.45, 2.75) is 25.4 Å². The number of anilines is 1. The molecule has 0 unspecified atom stereocenters. The van der Waals surface area contributed by atoms with Crippen LogP contribution in [-0.4, -0.2) is 14.7 Å². The summed E-state index contributed by atoms with van der Waals surface area (Å²) in [6.45, 7) is 0.414. The van der Waals surface area contributed by atoms with Crippen LogP contribution in [0.2, 0.25) is 0 Å². The number of hydrogen-bond donors (Lipinski definition) is 1. The van der Waals surface area contributed by atoms with Crippen LogP contribution < -0.4 is 10.9 Å². The Balaban J connectivity index is 1.78. The largest absolute Gasteiger partial charge is 0.360 e. The maximum absolute atomic E-state index is 12.0. The van der Waals surface area contributed by atoms with Crippen LogP contribution in [0.4, 0.5) is 5.82 Å². The quantitative estimate of drug-likeness (QED) is 0.856. The van der Waals surface area contributed by atoms with Gasteiger partial charge >= 0.3 is 0 Å². The molecule has 2 heterocycles. The molecule has 1 aliphatic rings. The normalized spacial score (nSPS) is 14.8. The second kappa shape index (κ2) is 4.04. The van der Waals surface area contributed by atoms with Crippen molar-refractivity contribution in [1.29, 1.82) is 0 Å². The van der Waals surface area contributed by atoms with Gasteiger partial charge in [0, 0.05) is 24.5 Å². The molecule has 2 aromatic rings. The van der Waals surface area contributed by atoms with Gasteiger partial charge in [-0.25, -0.2) is 4.98 Å². The summed E-state index contributed by atoms with van der Waals surface area (Å²) in [5.41, 5.74) is -0.0745. The van der Waals surface area contributed by atoms with E-state index in [2.05, 4.69) is 15.5 Å². The molecule has 0 saturated heterocycles. The summed E-state index contributed by atoms with van der Waals surface area (Å²) >= 11 is 0. The molecule has 0 aliphatic heterocycles. The van der Waals surface area contributed by atoms with E-state index in [4.69, 9.17) is 4.52 Å². The van der Waals surface area contributed by atoms with Crippen molar-refractivity contribution in [2.24, 2.45) is 0 Å². The Labute approximate surface area is 97.3 Å². The fourth-order valence-electron chi connectivity index (χ4n) is 1.69. The first-order chi connectivity index (χ1) is 8.34.